The highest BCUT2D eigenvalue weighted by Crippen LogP contribution is 2.40. The molecule has 5 N–H and O–H groups in total. The summed E-state index contributed by atoms with van der Waals surface area (Å²) >= 11 is 5.97. The predicted octanol–water partition coefficient (Wildman–Crippen LogP) is 2.23. The summed E-state index contributed by atoms with van der Waals surface area (Å²) < 4.78 is 5.78. The molecule has 2 aromatic carbocycles. The van der Waals surface area contributed by atoms with Gasteiger partial charge in [-0.05, 0) is 29.7 Å². The molecule has 1 saturated heterocycles. The van der Waals surface area contributed by atoms with Crippen LogP contribution in [0.25, 0.3) is 22.2 Å². The number of rotatable bonds is 9. The third-order valence-corrected chi connectivity index (χ3v) is 7.08. The quantitative estimate of drug-likeness (QED) is 0.249. The maximum Gasteiger partial charge on any atom is 0.244 e. The number of nitrogens with one attached hydrogen (secondary N) is 1. The van der Waals surface area contributed by atoms with Crippen molar-refractivity contribution < 1.29 is 19.7 Å². The standard InChI is InChI=1S/C28H31ClN6O4/c29-20-8-6-18(7-9-20)14-23(30)28(38)35-12-10-34(11-13-35)25-22(19-4-2-1-3-5-19)15-31-26-24(25)27(33-32-26)39-17-21(37)16-36/h1-9,15,21,23,36-37H,10-14,16-17,30H2,(H,31,32,33)/t21?,23-/m1/s1. The van der Waals surface area contributed by atoms with Crippen molar-refractivity contribution in [1.29, 1.82) is 0 Å². The summed E-state index contributed by atoms with van der Waals surface area (Å²) in [5, 5.41) is 27.5. The molecule has 4 aromatic rings. The Morgan fingerprint density at radius 2 is 1.82 bits per heavy atom. The predicted molar refractivity (Wildman–Crippen MR) is 150 cm³/mol. The number of aliphatic hydroxyl groups excluding tert-OH is 2. The normalized spacial score (nSPS) is 15.4. The molecule has 0 radical (unpaired) electrons. The molecule has 204 valence electrons. The molecular formula is C28H31ClN6O4. The second-order valence-corrected chi connectivity index (χ2v) is 9.97. The van der Waals surface area contributed by atoms with Crippen LogP contribution < -0.4 is 15.4 Å². The second kappa shape index (κ2) is 12.0. The smallest absolute Gasteiger partial charge is 0.244 e. The molecule has 2 atom stereocenters. The summed E-state index contributed by atoms with van der Waals surface area (Å²) in [6.45, 7) is 1.62. The SMILES string of the molecule is N[C@H](Cc1ccc(Cl)cc1)C(=O)N1CCN(c2c(-c3ccccc3)cnc3[nH]nc(OCC(O)CO)c23)CC1. The number of carbonyl (C=O) groups is 1. The van der Waals surface area contributed by atoms with Gasteiger partial charge in [0.05, 0.1) is 18.3 Å². The van der Waals surface area contributed by atoms with Crippen LogP contribution in [-0.4, -0.2) is 87.7 Å². The molecule has 11 heteroatoms. The van der Waals surface area contributed by atoms with E-state index in [0.717, 1.165) is 22.4 Å². The van der Waals surface area contributed by atoms with Crippen LogP contribution in [0.4, 0.5) is 5.69 Å². The second-order valence-electron chi connectivity index (χ2n) is 9.54. The van der Waals surface area contributed by atoms with Crippen molar-refractivity contribution in [2.45, 2.75) is 18.6 Å². The van der Waals surface area contributed by atoms with E-state index in [2.05, 4.69) is 20.1 Å². The van der Waals surface area contributed by atoms with Crippen LogP contribution in [-0.2, 0) is 11.2 Å². The number of fused-ring (bicyclic) bond motifs is 1. The highest BCUT2D eigenvalue weighted by molar-refractivity contribution is 6.30. The molecule has 0 spiro atoms. The van der Waals surface area contributed by atoms with E-state index in [9.17, 15) is 15.0 Å². The molecule has 1 aliphatic heterocycles. The number of carbonyl (C=O) groups excluding carboxylic acids is 1. The van der Waals surface area contributed by atoms with Gasteiger partial charge < -0.3 is 30.5 Å². The first-order valence-corrected chi connectivity index (χ1v) is 13.2. The van der Waals surface area contributed by atoms with E-state index in [1.165, 1.54) is 0 Å². The number of ether oxygens (including phenoxy) is 1. The number of hydrogen-bond acceptors (Lipinski definition) is 8. The highest BCUT2D eigenvalue weighted by Gasteiger charge is 2.29. The van der Waals surface area contributed by atoms with E-state index in [1.54, 1.807) is 18.3 Å². The number of anilines is 1. The van der Waals surface area contributed by atoms with Gasteiger partial charge >= 0.3 is 0 Å². The van der Waals surface area contributed by atoms with Gasteiger partial charge in [0.15, 0.2) is 5.65 Å². The number of halogens is 1. The van der Waals surface area contributed by atoms with Crippen LogP contribution in [0.5, 0.6) is 5.88 Å². The third kappa shape index (κ3) is 5.99. The average Bonchev–Trinajstić information content (AvgIpc) is 3.39. The van der Waals surface area contributed by atoms with Crippen molar-refractivity contribution in [3.05, 3.63) is 71.4 Å². The number of hydrogen-bond donors (Lipinski definition) is 4. The Labute approximate surface area is 231 Å². The summed E-state index contributed by atoms with van der Waals surface area (Å²) in [6, 6.07) is 16.6. The highest BCUT2D eigenvalue weighted by atomic mass is 35.5. The zero-order valence-electron chi connectivity index (χ0n) is 21.3. The Balaban J connectivity index is 1.39. The minimum atomic E-state index is -1.03. The maximum atomic E-state index is 13.2. The number of H-pyrrole nitrogens is 1. The van der Waals surface area contributed by atoms with E-state index in [0.29, 0.717) is 54.5 Å². The van der Waals surface area contributed by atoms with Gasteiger partial charge in [0.2, 0.25) is 11.8 Å². The fraction of sp³-hybridized carbons (Fsp3) is 0.321. The molecule has 1 fully saturated rings. The number of nitrogens with two attached hydrogens (primary N) is 1. The maximum absolute atomic E-state index is 13.2. The Morgan fingerprint density at radius 1 is 1.10 bits per heavy atom. The van der Waals surface area contributed by atoms with Gasteiger partial charge in [0.1, 0.15) is 18.1 Å². The zero-order valence-corrected chi connectivity index (χ0v) is 22.1. The van der Waals surface area contributed by atoms with Crippen LogP contribution in [0.2, 0.25) is 5.02 Å². The summed E-state index contributed by atoms with van der Waals surface area (Å²) in [7, 11) is 0. The lowest BCUT2D eigenvalue weighted by atomic mass is 10.0. The Kier molecular flexibility index (Phi) is 8.27. The van der Waals surface area contributed by atoms with Crippen molar-refractivity contribution in [2.24, 2.45) is 5.73 Å². The Hall–Kier alpha value is -3.70. The first kappa shape index (κ1) is 26.9. The molecule has 0 aliphatic carbocycles. The lowest BCUT2D eigenvalue weighted by Gasteiger charge is -2.38. The minimum absolute atomic E-state index is 0.0851. The Morgan fingerprint density at radius 3 is 2.51 bits per heavy atom. The summed E-state index contributed by atoms with van der Waals surface area (Å²) in [4.78, 5) is 21.7. The number of benzene rings is 2. The van der Waals surface area contributed by atoms with Gasteiger partial charge in [-0.1, -0.05) is 54.1 Å². The van der Waals surface area contributed by atoms with Crippen LogP contribution >= 0.6 is 11.6 Å². The van der Waals surface area contributed by atoms with Crippen molar-refractivity contribution in [3.8, 4) is 17.0 Å². The fourth-order valence-corrected chi connectivity index (χ4v) is 4.91. The van der Waals surface area contributed by atoms with E-state index in [1.807, 2.05) is 47.4 Å². The first-order valence-electron chi connectivity index (χ1n) is 12.8. The van der Waals surface area contributed by atoms with Gasteiger partial charge in [-0.2, -0.15) is 0 Å². The van der Waals surface area contributed by atoms with Crippen LogP contribution in [0.1, 0.15) is 5.56 Å². The van der Waals surface area contributed by atoms with Crippen LogP contribution in [0.3, 0.4) is 0 Å². The monoisotopic (exact) mass is 550 g/mol. The van der Waals surface area contributed by atoms with Crippen molar-refractivity contribution in [3.63, 3.8) is 0 Å². The number of aliphatic hydroxyl groups is 2. The molecule has 1 amide bonds. The van der Waals surface area contributed by atoms with Gasteiger partial charge in [-0.3, -0.25) is 9.89 Å². The number of nitrogens with zero attached hydrogens (tertiary/aromatic N) is 4. The van der Waals surface area contributed by atoms with E-state index >= 15 is 0 Å². The number of aromatic nitrogens is 3. The molecule has 0 bridgehead atoms. The van der Waals surface area contributed by atoms with E-state index in [4.69, 9.17) is 22.1 Å². The number of aromatic amines is 1. The summed E-state index contributed by atoms with van der Waals surface area (Å²) in [6.07, 6.45) is 1.21. The molecule has 10 nitrogen and oxygen atoms in total. The largest absolute Gasteiger partial charge is 0.473 e. The molecule has 3 heterocycles. The van der Waals surface area contributed by atoms with Crippen LogP contribution in [0.15, 0.2) is 60.8 Å². The molecule has 5 rings (SSSR count). The van der Waals surface area contributed by atoms with E-state index in [-0.39, 0.29) is 12.5 Å². The van der Waals surface area contributed by atoms with Crippen molar-refractivity contribution in [1.82, 2.24) is 20.1 Å². The lowest BCUT2D eigenvalue weighted by molar-refractivity contribution is -0.132. The molecular weight excluding hydrogens is 520 g/mol. The van der Waals surface area contributed by atoms with Gasteiger partial charge in [-0.15, -0.1) is 5.10 Å². The average molecular weight is 551 g/mol. The van der Waals surface area contributed by atoms with Crippen LogP contribution in [0, 0.1) is 0 Å². The first-order chi connectivity index (χ1) is 18.9. The summed E-state index contributed by atoms with van der Waals surface area (Å²) in [5.74, 6) is 0.208. The topological polar surface area (TPSA) is 141 Å². The van der Waals surface area contributed by atoms with E-state index < -0.39 is 18.8 Å². The molecule has 2 aromatic heterocycles. The van der Waals surface area contributed by atoms with Gasteiger partial charge in [-0.25, -0.2) is 4.98 Å². The minimum Gasteiger partial charge on any atom is -0.473 e. The Bertz CT molecular complexity index is 1410. The lowest BCUT2D eigenvalue weighted by Crippen LogP contribution is -2.53. The number of pyridine rings is 1. The number of amides is 1. The summed E-state index contributed by atoms with van der Waals surface area (Å²) in [5.41, 5.74) is 10.6. The molecule has 39 heavy (non-hydrogen) atoms. The molecule has 1 aliphatic rings. The van der Waals surface area contributed by atoms with Gasteiger partial charge in [0.25, 0.3) is 0 Å². The molecule has 1 unspecified atom stereocenters. The zero-order chi connectivity index (χ0) is 27.4. The fourth-order valence-electron chi connectivity index (χ4n) is 4.78. The van der Waals surface area contributed by atoms with Crippen molar-refractivity contribution >= 4 is 34.2 Å². The third-order valence-electron chi connectivity index (χ3n) is 6.83. The van der Waals surface area contributed by atoms with Crippen molar-refractivity contribution in [2.75, 3.05) is 44.3 Å². The molecule has 0 saturated carbocycles. The number of piperazine rings is 1. The van der Waals surface area contributed by atoms with Gasteiger partial charge in [0, 0.05) is 43.0 Å².